The summed E-state index contributed by atoms with van der Waals surface area (Å²) >= 11 is 0. The van der Waals surface area contributed by atoms with Crippen LogP contribution in [0.3, 0.4) is 0 Å². The quantitative estimate of drug-likeness (QED) is 0.347. The second-order valence-corrected chi connectivity index (χ2v) is 7.76. The van der Waals surface area contributed by atoms with Gasteiger partial charge in [0.2, 0.25) is 0 Å². The molecule has 1 saturated carbocycles. The summed E-state index contributed by atoms with van der Waals surface area (Å²) in [6.07, 6.45) is 4.33. The molecule has 2 fully saturated rings. The van der Waals surface area contributed by atoms with Gasteiger partial charge < -0.3 is 30.5 Å². The molecule has 0 aromatic heterocycles. The van der Waals surface area contributed by atoms with Crippen molar-refractivity contribution in [2.75, 3.05) is 32.6 Å². The fourth-order valence-electron chi connectivity index (χ4n) is 3.51. The number of nitrogens with one attached hydrogen (secondary N) is 5. The van der Waals surface area contributed by atoms with Crippen molar-refractivity contribution < 1.29 is 14.6 Å². The Labute approximate surface area is 167 Å². The van der Waals surface area contributed by atoms with Crippen molar-refractivity contribution in [3.05, 3.63) is 18.2 Å². The number of aliphatic hydroxyl groups is 1. The van der Waals surface area contributed by atoms with E-state index in [1.54, 1.807) is 7.11 Å². The lowest BCUT2D eigenvalue weighted by Crippen LogP contribution is -2.63. The zero-order chi connectivity index (χ0) is 19.9. The smallest absolute Gasteiger partial charge is 0.163 e. The third-order valence-electron chi connectivity index (χ3n) is 5.41. The summed E-state index contributed by atoms with van der Waals surface area (Å²) in [7, 11) is 3.57. The van der Waals surface area contributed by atoms with Crippen LogP contribution in [0.15, 0.2) is 18.2 Å². The van der Waals surface area contributed by atoms with E-state index in [-0.39, 0.29) is 19.1 Å². The number of hydrogen-bond acceptors (Lipinski definition) is 8. The zero-order valence-electron chi connectivity index (χ0n) is 17.1. The fourth-order valence-corrected chi connectivity index (χ4v) is 3.51. The first-order chi connectivity index (χ1) is 13.6. The van der Waals surface area contributed by atoms with Gasteiger partial charge >= 0.3 is 0 Å². The first kappa shape index (κ1) is 21.1. The van der Waals surface area contributed by atoms with Crippen LogP contribution in [0, 0.1) is 0 Å². The molecule has 0 spiro atoms. The molecule has 158 valence electrons. The van der Waals surface area contributed by atoms with Gasteiger partial charge in [0, 0.05) is 30.4 Å². The predicted octanol–water partition coefficient (Wildman–Crippen LogP) is 0.789. The Morgan fingerprint density at radius 2 is 2.07 bits per heavy atom. The van der Waals surface area contributed by atoms with Crippen LogP contribution in [0.5, 0.6) is 11.5 Å². The van der Waals surface area contributed by atoms with Crippen molar-refractivity contribution in [3.63, 3.8) is 0 Å². The number of aliphatic hydroxyl groups excluding tert-OH is 1. The minimum absolute atomic E-state index is 0.0558. The molecule has 1 aliphatic carbocycles. The first-order valence-corrected chi connectivity index (χ1v) is 10.3. The van der Waals surface area contributed by atoms with Gasteiger partial charge in [0.05, 0.1) is 13.3 Å². The molecule has 28 heavy (non-hydrogen) atoms. The minimum Gasteiger partial charge on any atom is -0.493 e. The molecule has 4 atom stereocenters. The maximum Gasteiger partial charge on any atom is 0.163 e. The van der Waals surface area contributed by atoms with E-state index in [1.807, 2.05) is 25.2 Å². The van der Waals surface area contributed by atoms with Crippen LogP contribution in [-0.2, 0) is 0 Å². The maximum absolute atomic E-state index is 10.2. The lowest BCUT2D eigenvalue weighted by molar-refractivity contribution is 0.0982. The van der Waals surface area contributed by atoms with E-state index in [2.05, 4.69) is 33.5 Å². The van der Waals surface area contributed by atoms with Crippen LogP contribution in [0.25, 0.3) is 0 Å². The Bertz CT molecular complexity index is 614. The van der Waals surface area contributed by atoms with Crippen molar-refractivity contribution in [2.24, 2.45) is 0 Å². The van der Waals surface area contributed by atoms with Crippen LogP contribution < -0.4 is 36.1 Å². The number of hydrogen-bond donors (Lipinski definition) is 6. The molecule has 3 unspecified atom stereocenters. The van der Waals surface area contributed by atoms with E-state index in [1.165, 1.54) is 19.3 Å². The molecule has 2 aliphatic rings. The van der Waals surface area contributed by atoms with Crippen LogP contribution in [0.4, 0.5) is 5.69 Å². The molecule has 8 nitrogen and oxygen atoms in total. The second kappa shape index (κ2) is 10.3. The third-order valence-corrected chi connectivity index (χ3v) is 5.41. The summed E-state index contributed by atoms with van der Waals surface area (Å²) in [4.78, 5) is 0. The molecule has 6 N–H and O–H groups in total. The van der Waals surface area contributed by atoms with Crippen molar-refractivity contribution in [1.29, 1.82) is 0 Å². The molecule has 0 amide bonds. The number of ether oxygens (including phenoxy) is 2. The van der Waals surface area contributed by atoms with Crippen LogP contribution >= 0.6 is 0 Å². The zero-order valence-corrected chi connectivity index (χ0v) is 17.1. The molecule has 1 aliphatic heterocycles. The summed E-state index contributed by atoms with van der Waals surface area (Å²) in [6, 6.07) is 6.68. The highest BCUT2D eigenvalue weighted by atomic mass is 16.5. The average molecular weight is 394 g/mol. The van der Waals surface area contributed by atoms with Crippen molar-refractivity contribution in [1.82, 2.24) is 21.3 Å². The summed E-state index contributed by atoms with van der Waals surface area (Å²) in [5.74, 6) is 1.26. The fraction of sp³-hybridized carbons (Fsp3) is 0.700. The predicted molar refractivity (Wildman–Crippen MR) is 111 cm³/mol. The molecule has 8 heteroatoms. The largest absolute Gasteiger partial charge is 0.493 e. The monoisotopic (exact) mass is 393 g/mol. The van der Waals surface area contributed by atoms with E-state index in [0.717, 1.165) is 12.1 Å². The molecule has 1 heterocycles. The molecule has 0 radical (unpaired) electrons. The van der Waals surface area contributed by atoms with E-state index in [4.69, 9.17) is 9.47 Å². The number of methoxy groups -OCH3 is 1. The lowest BCUT2D eigenvalue weighted by Gasteiger charge is -2.36. The summed E-state index contributed by atoms with van der Waals surface area (Å²) in [5, 5.41) is 27.2. The van der Waals surface area contributed by atoms with Gasteiger partial charge in [-0.3, -0.25) is 10.6 Å². The molecular weight excluding hydrogens is 358 g/mol. The molecule has 0 bridgehead atoms. The summed E-state index contributed by atoms with van der Waals surface area (Å²) < 4.78 is 11.3. The first-order valence-electron chi connectivity index (χ1n) is 10.3. The Hall–Kier alpha value is -1.58. The Morgan fingerprint density at radius 3 is 2.75 bits per heavy atom. The summed E-state index contributed by atoms with van der Waals surface area (Å²) in [6.45, 7) is 2.93. The van der Waals surface area contributed by atoms with Gasteiger partial charge in [-0.25, -0.2) is 0 Å². The Morgan fingerprint density at radius 1 is 1.25 bits per heavy atom. The Kier molecular flexibility index (Phi) is 7.75. The standard InChI is InChI=1S/C20H35N5O3/c1-13-9-19(21-2)25-20(23-13)24-15-7-8-17(27-3)18(10-15)28-12-16(26)11-22-14-5-4-6-14/h7-8,10,13-14,16,19-26H,4-6,9,11-12H2,1-3H3/t13?,16-,19?,20?/m1/s1. The SMILES string of the molecule is CNC1CC(C)NC(Nc2ccc(OC)c(OC[C@H](O)CNC3CCC3)c2)N1. The average Bonchev–Trinajstić information content (AvgIpc) is 2.64. The van der Waals surface area contributed by atoms with E-state index in [0.29, 0.717) is 30.1 Å². The van der Waals surface area contributed by atoms with E-state index in [9.17, 15) is 5.11 Å². The molecule has 1 aromatic carbocycles. The van der Waals surface area contributed by atoms with Crippen LogP contribution in [0.1, 0.15) is 32.6 Å². The Balaban J connectivity index is 1.54. The van der Waals surface area contributed by atoms with Crippen molar-refractivity contribution in [2.45, 2.75) is 63.3 Å². The van der Waals surface area contributed by atoms with Crippen molar-refractivity contribution in [3.8, 4) is 11.5 Å². The highest BCUT2D eigenvalue weighted by Gasteiger charge is 2.24. The normalized spacial score (nSPS) is 26.4. The van der Waals surface area contributed by atoms with Gasteiger partial charge in [-0.15, -0.1) is 0 Å². The van der Waals surface area contributed by atoms with Gasteiger partial charge in [0.15, 0.2) is 11.5 Å². The third kappa shape index (κ3) is 5.96. The van der Waals surface area contributed by atoms with E-state index < -0.39 is 6.10 Å². The van der Waals surface area contributed by atoms with Gasteiger partial charge in [-0.2, -0.15) is 0 Å². The highest BCUT2D eigenvalue weighted by molar-refractivity contribution is 5.55. The minimum atomic E-state index is -0.555. The van der Waals surface area contributed by atoms with Crippen LogP contribution in [-0.4, -0.2) is 63.1 Å². The highest BCUT2D eigenvalue weighted by Crippen LogP contribution is 2.30. The van der Waals surface area contributed by atoms with Gasteiger partial charge in [0.25, 0.3) is 0 Å². The number of rotatable bonds is 10. The topological polar surface area (TPSA) is 98.8 Å². The van der Waals surface area contributed by atoms with Crippen molar-refractivity contribution >= 4 is 5.69 Å². The molecular formula is C20H35N5O3. The second-order valence-electron chi connectivity index (χ2n) is 7.76. The molecule has 3 rings (SSSR count). The van der Waals surface area contributed by atoms with Gasteiger partial charge in [0.1, 0.15) is 19.0 Å². The molecule has 1 aromatic rings. The van der Waals surface area contributed by atoms with Gasteiger partial charge in [-0.1, -0.05) is 6.42 Å². The van der Waals surface area contributed by atoms with Gasteiger partial charge in [-0.05, 0) is 45.4 Å². The maximum atomic E-state index is 10.2. The number of benzene rings is 1. The lowest BCUT2D eigenvalue weighted by atomic mass is 9.93. The van der Waals surface area contributed by atoms with Crippen LogP contribution in [0.2, 0.25) is 0 Å². The van der Waals surface area contributed by atoms with E-state index >= 15 is 0 Å². The molecule has 1 saturated heterocycles. The summed E-state index contributed by atoms with van der Waals surface area (Å²) in [5.41, 5.74) is 0.909. The number of anilines is 1.